The number of halogens is 1. The Balaban J connectivity index is 1.52. The summed E-state index contributed by atoms with van der Waals surface area (Å²) >= 11 is 6.62. The van der Waals surface area contributed by atoms with Gasteiger partial charge in [0.05, 0.1) is 28.1 Å². The van der Waals surface area contributed by atoms with Crippen LogP contribution in [-0.2, 0) is 11.8 Å². The fourth-order valence-electron chi connectivity index (χ4n) is 4.01. The van der Waals surface area contributed by atoms with Gasteiger partial charge in [-0.05, 0) is 57.5 Å². The number of ether oxygens (including phenoxy) is 1. The summed E-state index contributed by atoms with van der Waals surface area (Å²) in [5.74, 6) is 0.541. The highest BCUT2D eigenvalue weighted by Crippen LogP contribution is 2.33. The molecular weight excluding hydrogens is 488 g/mol. The van der Waals surface area contributed by atoms with Crippen LogP contribution in [0.3, 0.4) is 0 Å². The molecule has 0 spiro atoms. The fraction of sp³-hybridized carbons (Fsp3) is 0.214. The van der Waals surface area contributed by atoms with E-state index in [0.717, 1.165) is 27.8 Å². The molecule has 0 saturated carbocycles. The van der Waals surface area contributed by atoms with Gasteiger partial charge in [-0.15, -0.1) is 0 Å². The van der Waals surface area contributed by atoms with Crippen LogP contribution in [0, 0.1) is 6.92 Å². The first-order chi connectivity index (χ1) is 17.6. The van der Waals surface area contributed by atoms with Crippen molar-refractivity contribution in [1.29, 1.82) is 0 Å². The van der Waals surface area contributed by atoms with Gasteiger partial charge in [0.25, 0.3) is 0 Å². The molecule has 0 saturated heterocycles. The smallest absolute Gasteiger partial charge is 0.419 e. The summed E-state index contributed by atoms with van der Waals surface area (Å²) in [7, 11) is 1.83. The Labute approximate surface area is 219 Å². The van der Waals surface area contributed by atoms with E-state index in [0.29, 0.717) is 27.7 Å². The van der Waals surface area contributed by atoms with Crippen molar-refractivity contribution in [1.82, 2.24) is 24.3 Å². The highest BCUT2D eigenvalue weighted by Gasteiger charge is 2.24. The van der Waals surface area contributed by atoms with Crippen molar-refractivity contribution in [2.24, 2.45) is 7.05 Å². The highest BCUT2D eigenvalue weighted by atomic mass is 35.5. The molecule has 0 atom stereocenters. The number of nitrogens with one attached hydrogen (secondary N) is 1. The lowest BCUT2D eigenvalue weighted by Crippen LogP contribution is -2.27. The quantitative estimate of drug-likeness (QED) is 0.278. The van der Waals surface area contributed by atoms with Crippen molar-refractivity contribution in [2.45, 2.75) is 33.3 Å². The third kappa shape index (κ3) is 5.20. The largest absolute Gasteiger partial charge is 0.443 e. The maximum Gasteiger partial charge on any atom is 0.419 e. The molecule has 5 aromatic rings. The molecule has 4 heterocycles. The molecule has 1 N–H and O–H groups in total. The van der Waals surface area contributed by atoms with Crippen molar-refractivity contribution in [2.75, 3.05) is 5.32 Å². The number of nitrogens with zero attached hydrogens (tertiary/aromatic N) is 5. The summed E-state index contributed by atoms with van der Waals surface area (Å²) in [6.07, 6.45) is 6.64. The number of hydrogen-bond donors (Lipinski definition) is 1. The minimum absolute atomic E-state index is 0.479. The third-order valence-corrected chi connectivity index (χ3v) is 6.05. The van der Waals surface area contributed by atoms with E-state index in [9.17, 15) is 4.79 Å². The Morgan fingerprint density at radius 3 is 2.41 bits per heavy atom. The predicted octanol–water partition coefficient (Wildman–Crippen LogP) is 6.99. The number of fused-ring (bicyclic) bond motifs is 1. The zero-order chi connectivity index (χ0) is 26.3. The molecule has 0 fully saturated rings. The van der Waals surface area contributed by atoms with E-state index in [1.807, 2.05) is 89.6 Å². The van der Waals surface area contributed by atoms with Gasteiger partial charge in [0.15, 0.2) is 0 Å². The summed E-state index contributed by atoms with van der Waals surface area (Å²) in [4.78, 5) is 22.2. The maximum absolute atomic E-state index is 13.3. The van der Waals surface area contributed by atoms with Gasteiger partial charge in [-0.1, -0.05) is 23.7 Å². The zero-order valence-electron chi connectivity index (χ0n) is 21.3. The Bertz CT molecular complexity index is 1610. The van der Waals surface area contributed by atoms with Crippen molar-refractivity contribution < 1.29 is 9.53 Å². The standard InChI is InChI=1S/C28H27ClN6O2/c1-17-6-7-19(13-30-17)18-8-9-23(22(29)10-18)33-26-12-25-20(14-31-26)11-24(21-15-32-34(5)16-21)35(25)27(36)37-28(2,3)4/h6-16H,1-5H3,(H,31,33). The molecule has 0 bridgehead atoms. The van der Waals surface area contributed by atoms with E-state index in [-0.39, 0.29) is 0 Å². The molecule has 188 valence electrons. The number of aryl methyl sites for hydroxylation is 2. The average Bonchev–Trinajstić information content (AvgIpc) is 3.43. The van der Waals surface area contributed by atoms with E-state index in [1.54, 1.807) is 21.6 Å². The van der Waals surface area contributed by atoms with E-state index >= 15 is 0 Å². The second-order valence-electron chi connectivity index (χ2n) is 9.88. The van der Waals surface area contributed by atoms with Gasteiger partial charge in [-0.2, -0.15) is 5.10 Å². The molecule has 0 amide bonds. The van der Waals surface area contributed by atoms with Crippen LogP contribution in [0.4, 0.5) is 16.3 Å². The molecule has 0 unspecified atom stereocenters. The first-order valence-corrected chi connectivity index (χ1v) is 12.2. The van der Waals surface area contributed by atoms with Gasteiger partial charge in [-0.25, -0.2) is 14.3 Å². The van der Waals surface area contributed by atoms with Crippen LogP contribution in [0.25, 0.3) is 33.3 Å². The number of pyridine rings is 2. The first-order valence-electron chi connectivity index (χ1n) is 11.8. The van der Waals surface area contributed by atoms with Gasteiger partial charge < -0.3 is 10.1 Å². The number of rotatable bonds is 4. The SMILES string of the molecule is Cc1ccc(-c2ccc(Nc3cc4c(cn3)cc(-c3cnn(C)c3)n4C(=O)OC(C)(C)C)c(Cl)c2)cn1. The van der Waals surface area contributed by atoms with Crippen molar-refractivity contribution in [3.05, 3.63) is 78.0 Å². The highest BCUT2D eigenvalue weighted by molar-refractivity contribution is 6.33. The van der Waals surface area contributed by atoms with Gasteiger partial charge in [0.1, 0.15) is 11.4 Å². The summed E-state index contributed by atoms with van der Waals surface area (Å²) in [5, 5.41) is 8.87. The molecule has 37 heavy (non-hydrogen) atoms. The Hall–Kier alpha value is -4.17. The number of aromatic nitrogens is 5. The average molecular weight is 515 g/mol. The zero-order valence-corrected chi connectivity index (χ0v) is 22.0. The summed E-state index contributed by atoms with van der Waals surface area (Å²) in [5.41, 5.74) is 5.06. The fourth-order valence-corrected chi connectivity index (χ4v) is 4.24. The lowest BCUT2D eigenvalue weighted by atomic mass is 10.1. The van der Waals surface area contributed by atoms with Crippen LogP contribution in [-0.4, -0.2) is 36.0 Å². The van der Waals surface area contributed by atoms with E-state index in [1.165, 1.54) is 0 Å². The van der Waals surface area contributed by atoms with Crippen LogP contribution < -0.4 is 5.32 Å². The predicted molar refractivity (Wildman–Crippen MR) is 146 cm³/mol. The molecule has 5 rings (SSSR count). The molecule has 8 nitrogen and oxygen atoms in total. The first kappa shape index (κ1) is 24.5. The van der Waals surface area contributed by atoms with Gasteiger partial charge in [-0.3, -0.25) is 9.67 Å². The number of benzene rings is 1. The Morgan fingerprint density at radius 1 is 0.973 bits per heavy atom. The minimum Gasteiger partial charge on any atom is -0.443 e. The molecule has 9 heteroatoms. The summed E-state index contributed by atoms with van der Waals surface area (Å²) in [6, 6.07) is 13.5. The van der Waals surface area contributed by atoms with Crippen LogP contribution in [0.1, 0.15) is 26.5 Å². The second-order valence-corrected chi connectivity index (χ2v) is 10.3. The number of hydrogen-bond acceptors (Lipinski definition) is 6. The number of anilines is 2. The van der Waals surface area contributed by atoms with E-state index in [4.69, 9.17) is 16.3 Å². The number of carbonyl (C=O) groups excluding carboxylic acids is 1. The van der Waals surface area contributed by atoms with Crippen molar-refractivity contribution >= 4 is 40.1 Å². The minimum atomic E-state index is -0.657. The maximum atomic E-state index is 13.3. The van der Waals surface area contributed by atoms with E-state index < -0.39 is 11.7 Å². The summed E-state index contributed by atoms with van der Waals surface area (Å²) < 4.78 is 8.97. The molecule has 0 aliphatic carbocycles. The second kappa shape index (κ2) is 9.37. The topological polar surface area (TPSA) is 86.9 Å². The molecule has 0 radical (unpaired) electrons. The third-order valence-electron chi connectivity index (χ3n) is 5.74. The molecule has 0 aliphatic rings. The van der Waals surface area contributed by atoms with Crippen molar-refractivity contribution in [3.63, 3.8) is 0 Å². The van der Waals surface area contributed by atoms with Crippen LogP contribution >= 0.6 is 11.6 Å². The van der Waals surface area contributed by atoms with Gasteiger partial charge >= 0.3 is 6.09 Å². The normalized spacial score (nSPS) is 11.6. The molecule has 4 aromatic heterocycles. The lowest BCUT2D eigenvalue weighted by molar-refractivity contribution is 0.0547. The van der Waals surface area contributed by atoms with Crippen LogP contribution in [0.5, 0.6) is 0 Å². The molecular formula is C28H27ClN6O2. The summed E-state index contributed by atoms with van der Waals surface area (Å²) in [6.45, 7) is 7.47. The van der Waals surface area contributed by atoms with Crippen LogP contribution in [0.15, 0.2) is 67.3 Å². The van der Waals surface area contributed by atoms with E-state index in [2.05, 4.69) is 20.4 Å². The van der Waals surface area contributed by atoms with Gasteiger partial charge in [0, 0.05) is 53.9 Å². The van der Waals surface area contributed by atoms with Gasteiger partial charge in [0.2, 0.25) is 0 Å². The van der Waals surface area contributed by atoms with Crippen LogP contribution in [0.2, 0.25) is 5.02 Å². The number of carbonyl (C=O) groups is 1. The Kier molecular flexibility index (Phi) is 6.21. The monoisotopic (exact) mass is 514 g/mol. The molecule has 1 aromatic carbocycles. The van der Waals surface area contributed by atoms with Crippen molar-refractivity contribution in [3.8, 4) is 22.4 Å². The Morgan fingerprint density at radius 2 is 1.76 bits per heavy atom. The molecule has 0 aliphatic heterocycles. The lowest BCUT2D eigenvalue weighted by Gasteiger charge is -2.21.